The van der Waals surface area contributed by atoms with Gasteiger partial charge in [0.05, 0.1) is 23.1 Å². The average Bonchev–Trinajstić information content (AvgIpc) is 3.06. The third-order valence-electron chi connectivity index (χ3n) is 5.13. The van der Waals surface area contributed by atoms with Crippen molar-refractivity contribution < 1.29 is 4.79 Å². The Labute approximate surface area is 172 Å². The summed E-state index contributed by atoms with van der Waals surface area (Å²) >= 11 is 6.14. The van der Waals surface area contributed by atoms with E-state index in [1.54, 1.807) is 6.20 Å². The fraction of sp³-hybridized carbons (Fsp3) is 0.500. The van der Waals surface area contributed by atoms with Crippen molar-refractivity contribution in [3.8, 4) is 5.69 Å². The molecule has 2 heterocycles. The molecule has 148 valence electrons. The lowest BCUT2D eigenvalue weighted by atomic mass is 9.91. The molecule has 7 heteroatoms. The van der Waals surface area contributed by atoms with Crippen LogP contribution in [0.15, 0.2) is 30.5 Å². The number of aromatic nitrogens is 2. The number of nitrogens with two attached hydrogens (primary N) is 1. The first-order valence-electron chi connectivity index (χ1n) is 9.27. The van der Waals surface area contributed by atoms with E-state index in [-0.39, 0.29) is 30.3 Å². The third-order valence-corrected chi connectivity index (χ3v) is 5.36. The zero-order valence-corrected chi connectivity index (χ0v) is 17.6. The second kappa shape index (κ2) is 9.09. The predicted molar refractivity (Wildman–Crippen MR) is 112 cm³/mol. The number of hydrogen-bond acceptors (Lipinski definition) is 3. The van der Waals surface area contributed by atoms with Gasteiger partial charge in [-0.25, -0.2) is 4.68 Å². The van der Waals surface area contributed by atoms with Gasteiger partial charge < -0.3 is 10.6 Å². The molecule has 5 nitrogen and oxygen atoms in total. The maximum atomic E-state index is 13.2. The number of piperidine rings is 1. The number of amides is 1. The van der Waals surface area contributed by atoms with Gasteiger partial charge in [-0.3, -0.25) is 4.79 Å². The predicted octanol–water partition coefficient (Wildman–Crippen LogP) is 4.27. The van der Waals surface area contributed by atoms with Gasteiger partial charge >= 0.3 is 0 Å². The molecule has 2 atom stereocenters. The summed E-state index contributed by atoms with van der Waals surface area (Å²) in [5.41, 5.74) is 8.53. The van der Waals surface area contributed by atoms with Gasteiger partial charge in [0, 0.05) is 24.2 Å². The standard InChI is InChI=1S/C20H27ClN4O.ClH/c1-13(2)19-18(11-23-25(19)17-8-4-7-16(21)10-17)20(26)24-9-5-6-15(12-24)14(3)22;/h4,7-8,10-11,13-15H,5-6,9,12,22H2,1-3H3;1H. The van der Waals surface area contributed by atoms with Crippen LogP contribution in [-0.2, 0) is 0 Å². The first-order chi connectivity index (χ1) is 12.4. The van der Waals surface area contributed by atoms with E-state index < -0.39 is 0 Å². The van der Waals surface area contributed by atoms with Crippen molar-refractivity contribution in [1.29, 1.82) is 0 Å². The molecule has 1 aromatic carbocycles. The van der Waals surface area contributed by atoms with Crippen LogP contribution < -0.4 is 5.73 Å². The first-order valence-corrected chi connectivity index (χ1v) is 9.65. The summed E-state index contributed by atoms with van der Waals surface area (Å²) in [6.07, 6.45) is 3.77. The SMILES string of the molecule is CC(C)c1c(C(=O)N2CCCC(C(C)N)C2)cnn1-c1cccc(Cl)c1.Cl. The van der Waals surface area contributed by atoms with Gasteiger partial charge in [-0.15, -0.1) is 12.4 Å². The van der Waals surface area contributed by atoms with Crippen LogP contribution in [-0.4, -0.2) is 39.7 Å². The summed E-state index contributed by atoms with van der Waals surface area (Å²) in [6.45, 7) is 7.68. The molecular weight excluding hydrogens is 383 g/mol. The van der Waals surface area contributed by atoms with Gasteiger partial charge in [-0.1, -0.05) is 31.5 Å². The van der Waals surface area contributed by atoms with Crippen molar-refractivity contribution in [2.24, 2.45) is 11.7 Å². The Bertz CT molecular complexity index is 788. The van der Waals surface area contributed by atoms with Crippen LogP contribution >= 0.6 is 24.0 Å². The summed E-state index contributed by atoms with van der Waals surface area (Å²) in [7, 11) is 0. The van der Waals surface area contributed by atoms with Crippen LogP contribution in [0.5, 0.6) is 0 Å². The lowest BCUT2D eigenvalue weighted by Crippen LogP contribution is -2.45. The summed E-state index contributed by atoms with van der Waals surface area (Å²) in [5.74, 6) is 0.565. The van der Waals surface area contributed by atoms with Crippen LogP contribution in [0.4, 0.5) is 0 Å². The Morgan fingerprint density at radius 3 is 2.70 bits per heavy atom. The molecule has 3 rings (SSSR count). The first kappa shape index (κ1) is 21.7. The molecule has 27 heavy (non-hydrogen) atoms. The number of benzene rings is 1. The Balaban J connectivity index is 0.00000261. The Morgan fingerprint density at radius 1 is 1.33 bits per heavy atom. The quantitative estimate of drug-likeness (QED) is 0.817. The van der Waals surface area contributed by atoms with Crippen molar-refractivity contribution in [3.63, 3.8) is 0 Å². The molecule has 0 aliphatic carbocycles. The molecule has 0 saturated carbocycles. The number of nitrogens with zero attached hydrogens (tertiary/aromatic N) is 3. The maximum absolute atomic E-state index is 13.2. The van der Waals surface area contributed by atoms with Crippen molar-refractivity contribution >= 4 is 29.9 Å². The minimum absolute atomic E-state index is 0. The smallest absolute Gasteiger partial charge is 0.257 e. The van der Waals surface area contributed by atoms with E-state index in [2.05, 4.69) is 18.9 Å². The number of halogens is 2. The molecule has 1 fully saturated rings. The fourth-order valence-electron chi connectivity index (χ4n) is 3.69. The molecule has 1 amide bonds. The number of carbonyl (C=O) groups is 1. The molecule has 2 N–H and O–H groups in total. The third kappa shape index (κ3) is 4.65. The lowest BCUT2D eigenvalue weighted by molar-refractivity contribution is 0.0659. The zero-order chi connectivity index (χ0) is 18.8. The van der Waals surface area contributed by atoms with Gasteiger partial charge in [0.1, 0.15) is 0 Å². The van der Waals surface area contributed by atoms with Gasteiger partial charge in [0.25, 0.3) is 5.91 Å². The fourth-order valence-corrected chi connectivity index (χ4v) is 3.87. The van der Waals surface area contributed by atoms with Crippen LogP contribution in [0.1, 0.15) is 55.6 Å². The van der Waals surface area contributed by atoms with Crippen LogP contribution in [0, 0.1) is 5.92 Å². The molecule has 2 unspecified atom stereocenters. The number of hydrogen-bond donors (Lipinski definition) is 1. The summed E-state index contributed by atoms with van der Waals surface area (Å²) < 4.78 is 1.83. The zero-order valence-electron chi connectivity index (χ0n) is 16.1. The highest BCUT2D eigenvalue weighted by atomic mass is 35.5. The minimum Gasteiger partial charge on any atom is -0.338 e. The van der Waals surface area contributed by atoms with Crippen LogP contribution in [0.3, 0.4) is 0 Å². The monoisotopic (exact) mass is 410 g/mol. The van der Waals surface area contributed by atoms with E-state index in [0.717, 1.165) is 37.3 Å². The van der Waals surface area contributed by atoms with E-state index in [1.165, 1.54) is 0 Å². The van der Waals surface area contributed by atoms with E-state index in [1.807, 2.05) is 40.8 Å². The van der Waals surface area contributed by atoms with E-state index in [0.29, 0.717) is 16.5 Å². The highest BCUT2D eigenvalue weighted by molar-refractivity contribution is 6.30. The summed E-state index contributed by atoms with van der Waals surface area (Å²) in [5, 5.41) is 5.15. The number of likely N-dealkylation sites (tertiary alicyclic amines) is 1. The molecule has 1 aromatic heterocycles. The highest BCUT2D eigenvalue weighted by Crippen LogP contribution is 2.27. The lowest BCUT2D eigenvalue weighted by Gasteiger charge is -2.34. The second-order valence-electron chi connectivity index (χ2n) is 7.50. The molecule has 1 aliphatic heterocycles. The second-order valence-corrected chi connectivity index (χ2v) is 7.94. The van der Waals surface area contributed by atoms with E-state index in [9.17, 15) is 4.79 Å². The van der Waals surface area contributed by atoms with Gasteiger partial charge in [0.15, 0.2) is 0 Å². The van der Waals surface area contributed by atoms with Crippen molar-refractivity contribution in [2.75, 3.05) is 13.1 Å². The van der Waals surface area contributed by atoms with Gasteiger partial charge in [0.2, 0.25) is 0 Å². The molecule has 0 bridgehead atoms. The number of carbonyl (C=O) groups excluding carboxylic acids is 1. The normalized spacial score (nSPS) is 18.3. The largest absolute Gasteiger partial charge is 0.338 e. The topological polar surface area (TPSA) is 64.2 Å². The average molecular weight is 411 g/mol. The molecule has 2 aromatic rings. The minimum atomic E-state index is 0. The summed E-state index contributed by atoms with van der Waals surface area (Å²) in [6, 6.07) is 7.64. The van der Waals surface area contributed by atoms with Crippen LogP contribution in [0.2, 0.25) is 5.02 Å². The molecule has 0 radical (unpaired) electrons. The van der Waals surface area contributed by atoms with Gasteiger partial charge in [-0.2, -0.15) is 5.10 Å². The highest BCUT2D eigenvalue weighted by Gasteiger charge is 2.30. The van der Waals surface area contributed by atoms with Gasteiger partial charge in [-0.05, 0) is 49.8 Å². The molecule has 1 aliphatic rings. The Morgan fingerprint density at radius 2 is 2.07 bits per heavy atom. The molecule has 1 saturated heterocycles. The van der Waals surface area contributed by atoms with Crippen LogP contribution in [0.25, 0.3) is 5.69 Å². The number of rotatable bonds is 4. The van der Waals surface area contributed by atoms with Crippen molar-refractivity contribution in [1.82, 2.24) is 14.7 Å². The summed E-state index contributed by atoms with van der Waals surface area (Å²) in [4.78, 5) is 15.1. The maximum Gasteiger partial charge on any atom is 0.257 e. The Hall–Kier alpha value is -1.56. The molecular formula is C20H28Cl2N4O. The van der Waals surface area contributed by atoms with E-state index in [4.69, 9.17) is 17.3 Å². The van der Waals surface area contributed by atoms with E-state index >= 15 is 0 Å². The van der Waals surface area contributed by atoms with Crippen molar-refractivity contribution in [2.45, 2.75) is 45.6 Å². The Kier molecular flexibility index (Phi) is 7.32. The molecule has 0 spiro atoms. The van der Waals surface area contributed by atoms with Crippen molar-refractivity contribution in [3.05, 3.63) is 46.7 Å².